The van der Waals surface area contributed by atoms with Crippen molar-refractivity contribution in [3.8, 4) is 0 Å². The maximum atomic E-state index is 13.6. The van der Waals surface area contributed by atoms with Crippen molar-refractivity contribution in [2.75, 3.05) is 0 Å². The number of hydrogen-bond acceptors (Lipinski definition) is 4. The van der Waals surface area contributed by atoms with Gasteiger partial charge in [-0.3, -0.25) is 4.79 Å². The lowest BCUT2D eigenvalue weighted by molar-refractivity contribution is -0.205. The van der Waals surface area contributed by atoms with E-state index in [4.69, 9.17) is 4.74 Å². The third-order valence-electron chi connectivity index (χ3n) is 14.1. The van der Waals surface area contributed by atoms with Crippen LogP contribution in [0.25, 0.3) is 0 Å². The van der Waals surface area contributed by atoms with E-state index < -0.39 is 11.5 Å². The van der Waals surface area contributed by atoms with Gasteiger partial charge in [0.1, 0.15) is 12.4 Å². The van der Waals surface area contributed by atoms with Crippen molar-refractivity contribution in [3.63, 3.8) is 0 Å². The number of esters is 1. The summed E-state index contributed by atoms with van der Waals surface area (Å²) >= 11 is 0. The lowest BCUT2D eigenvalue weighted by Gasteiger charge is -2.66. The molecule has 10 atom stereocenters. The molecule has 5 saturated carbocycles. The van der Waals surface area contributed by atoms with Crippen molar-refractivity contribution < 1.29 is 19.4 Å². The highest BCUT2D eigenvalue weighted by atomic mass is 16.5. The summed E-state index contributed by atoms with van der Waals surface area (Å²) in [5.41, 5.74) is -0.948. The minimum absolute atomic E-state index is 0.0730. The average molecular weight is 501 g/mol. The Morgan fingerprint density at radius 1 is 0.861 bits per heavy atom. The van der Waals surface area contributed by atoms with Crippen LogP contribution >= 0.6 is 0 Å². The topological polar surface area (TPSA) is 63.6 Å². The number of hydrogen-bond donors (Lipinski definition) is 1. The van der Waals surface area contributed by atoms with E-state index in [1.807, 2.05) is 0 Å². The van der Waals surface area contributed by atoms with Crippen molar-refractivity contribution in [1.82, 2.24) is 0 Å². The Kier molecular flexibility index (Phi) is 5.64. The second-order valence-electron chi connectivity index (χ2n) is 16.4. The van der Waals surface area contributed by atoms with E-state index in [9.17, 15) is 14.7 Å². The van der Waals surface area contributed by atoms with E-state index in [0.717, 1.165) is 51.4 Å². The van der Waals surface area contributed by atoms with Gasteiger partial charge in [0, 0.05) is 12.3 Å². The molecule has 204 valence electrons. The van der Waals surface area contributed by atoms with Crippen LogP contribution in [0.2, 0.25) is 0 Å². The fraction of sp³-hybridized carbons (Fsp3) is 0.938. The van der Waals surface area contributed by atoms with Crippen molar-refractivity contribution in [1.29, 1.82) is 0 Å². The standard InChI is InChI=1S/C32H52O4/c1-20(34)36-23-11-12-29(7)21(27(23,4)5)10-13-30(8)24(29)25(35)32(19-33)22-18-26(2,3)14-15-28(22,6)16-17-31(30,32)9/h19,21-25,35H,10-18H2,1-9H3. The van der Waals surface area contributed by atoms with Gasteiger partial charge in [-0.15, -0.1) is 0 Å². The van der Waals surface area contributed by atoms with Gasteiger partial charge in [0.05, 0.1) is 11.5 Å². The Morgan fingerprint density at radius 3 is 2.11 bits per heavy atom. The van der Waals surface area contributed by atoms with Gasteiger partial charge in [0.25, 0.3) is 0 Å². The molecule has 4 heteroatoms. The van der Waals surface area contributed by atoms with Crippen LogP contribution in [0.1, 0.15) is 120 Å². The minimum Gasteiger partial charge on any atom is -0.462 e. The minimum atomic E-state index is -0.702. The SMILES string of the molecule is CC(=O)OC1CCC2(C)C(CCC3(C)C2C(O)C2(C=O)C4CC(C)(C)CCC4(C)CCC32C)C1(C)C. The highest BCUT2D eigenvalue weighted by molar-refractivity contribution is 5.67. The number of ether oxygens (including phenoxy) is 1. The maximum absolute atomic E-state index is 13.6. The highest BCUT2D eigenvalue weighted by Gasteiger charge is 2.81. The van der Waals surface area contributed by atoms with Crippen LogP contribution in [0.5, 0.6) is 0 Å². The monoisotopic (exact) mass is 500 g/mol. The molecule has 0 saturated heterocycles. The molecule has 0 bridgehead atoms. The molecule has 1 N–H and O–H groups in total. The van der Waals surface area contributed by atoms with Crippen LogP contribution in [0.15, 0.2) is 0 Å². The molecule has 0 aliphatic heterocycles. The normalized spacial score (nSPS) is 54.9. The summed E-state index contributed by atoms with van der Waals surface area (Å²) in [6.07, 6.45) is 10.0. The summed E-state index contributed by atoms with van der Waals surface area (Å²) < 4.78 is 5.87. The fourth-order valence-electron chi connectivity index (χ4n) is 12.0. The second-order valence-corrected chi connectivity index (χ2v) is 16.4. The molecule has 4 nitrogen and oxygen atoms in total. The molecular weight excluding hydrogens is 448 g/mol. The molecule has 0 aromatic heterocycles. The molecule has 10 unspecified atom stereocenters. The Bertz CT molecular complexity index is 954. The number of carbonyl (C=O) groups excluding carboxylic acids is 2. The summed E-state index contributed by atoms with van der Waals surface area (Å²) in [5, 5.41) is 12.7. The zero-order valence-electron chi connectivity index (χ0n) is 24.5. The first-order chi connectivity index (χ1) is 16.5. The largest absolute Gasteiger partial charge is 0.462 e. The van der Waals surface area contributed by atoms with Gasteiger partial charge in [-0.05, 0) is 103 Å². The van der Waals surface area contributed by atoms with Crippen LogP contribution in [0, 0.1) is 55.7 Å². The smallest absolute Gasteiger partial charge is 0.302 e. The molecule has 5 rings (SSSR count). The second kappa shape index (κ2) is 7.60. The Balaban J connectivity index is 1.64. The Labute approximate surface area is 219 Å². The molecular formula is C32H52O4. The average Bonchev–Trinajstić information content (AvgIpc) is 2.92. The summed E-state index contributed by atoms with van der Waals surface area (Å²) in [4.78, 5) is 25.6. The summed E-state index contributed by atoms with van der Waals surface area (Å²) in [6.45, 7) is 20.5. The van der Waals surface area contributed by atoms with E-state index in [2.05, 4.69) is 55.4 Å². The number of aliphatic hydroxyl groups excluding tert-OH is 1. The zero-order chi connectivity index (χ0) is 26.7. The highest BCUT2D eigenvalue weighted by Crippen LogP contribution is 2.82. The van der Waals surface area contributed by atoms with Gasteiger partial charge >= 0.3 is 5.97 Å². The van der Waals surface area contributed by atoms with Crippen molar-refractivity contribution in [3.05, 3.63) is 0 Å². The third-order valence-corrected chi connectivity index (χ3v) is 14.1. The molecule has 36 heavy (non-hydrogen) atoms. The molecule has 0 aromatic carbocycles. The molecule has 0 aromatic rings. The maximum Gasteiger partial charge on any atom is 0.302 e. The van der Waals surface area contributed by atoms with Crippen LogP contribution < -0.4 is 0 Å². The first kappa shape index (κ1) is 26.7. The zero-order valence-corrected chi connectivity index (χ0v) is 24.5. The van der Waals surface area contributed by atoms with E-state index in [0.29, 0.717) is 5.92 Å². The van der Waals surface area contributed by atoms with Gasteiger partial charge in [-0.2, -0.15) is 0 Å². The van der Waals surface area contributed by atoms with E-state index >= 15 is 0 Å². The number of aldehydes is 1. The molecule has 0 heterocycles. The van der Waals surface area contributed by atoms with Crippen LogP contribution in [-0.2, 0) is 14.3 Å². The summed E-state index contributed by atoms with van der Waals surface area (Å²) in [6, 6.07) is 0. The lowest BCUT2D eigenvalue weighted by atomic mass is 9.37. The van der Waals surface area contributed by atoms with Gasteiger partial charge in [-0.25, -0.2) is 0 Å². The number of aliphatic hydroxyl groups is 1. The van der Waals surface area contributed by atoms with E-state index in [-0.39, 0.29) is 56.4 Å². The summed E-state index contributed by atoms with van der Waals surface area (Å²) in [7, 11) is 0. The third kappa shape index (κ3) is 2.97. The molecule has 5 aliphatic carbocycles. The quantitative estimate of drug-likeness (QED) is 0.328. The molecule has 5 fully saturated rings. The number of carbonyl (C=O) groups is 2. The van der Waals surface area contributed by atoms with Crippen LogP contribution in [0.4, 0.5) is 0 Å². The van der Waals surface area contributed by atoms with Gasteiger partial charge in [0.15, 0.2) is 0 Å². The van der Waals surface area contributed by atoms with Gasteiger partial charge < -0.3 is 14.6 Å². The molecule has 0 amide bonds. The van der Waals surface area contributed by atoms with Crippen molar-refractivity contribution in [2.45, 2.75) is 132 Å². The Hall–Kier alpha value is -0.900. The van der Waals surface area contributed by atoms with Gasteiger partial charge in [-0.1, -0.05) is 55.4 Å². The first-order valence-corrected chi connectivity index (χ1v) is 14.8. The number of fused-ring (bicyclic) bond motifs is 7. The van der Waals surface area contributed by atoms with Crippen LogP contribution in [-0.4, -0.2) is 29.6 Å². The van der Waals surface area contributed by atoms with Crippen molar-refractivity contribution >= 4 is 12.3 Å². The predicted octanol–water partition coefficient (Wildman–Crippen LogP) is 6.97. The lowest BCUT2D eigenvalue weighted by Crippen LogP contribution is -2.62. The number of rotatable bonds is 2. The molecule has 0 spiro atoms. The van der Waals surface area contributed by atoms with Crippen molar-refractivity contribution in [2.24, 2.45) is 55.7 Å². The molecule has 5 aliphatic rings. The van der Waals surface area contributed by atoms with Crippen LogP contribution in [0.3, 0.4) is 0 Å². The predicted molar refractivity (Wildman–Crippen MR) is 142 cm³/mol. The van der Waals surface area contributed by atoms with Gasteiger partial charge in [0.2, 0.25) is 0 Å². The molecule has 0 radical (unpaired) electrons. The van der Waals surface area contributed by atoms with E-state index in [1.54, 1.807) is 0 Å². The Morgan fingerprint density at radius 2 is 1.50 bits per heavy atom. The summed E-state index contributed by atoms with van der Waals surface area (Å²) in [5.74, 6) is 0.437. The fourth-order valence-corrected chi connectivity index (χ4v) is 12.0. The van der Waals surface area contributed by atoms with E-state index in [1.165, 1.54) is 19.6 Å². The first-order valence-electron chi connectivity index (χ1n) is 14.8.